The summed E-state index contributed by atoms with van der Waals surface area (Å²) in [5.74, 6) is -1.29. The van der Waals surface area contributed by atoms with Crippen LogP contribution < -0.4 is 0 Å². The molecule has 3 fully saturated rings. The van der Waals surface area contributed by atoms with Crippen molar-refractivity contribution in [3.05, 3.63) is 25.3 Å². The van der Waals surface area contributed by atoms with Crippen LogP contribution in [0.1, 0.15) is 78.6 Å². The topological polar surface area (TPSA) is 87.2 Å². The molecule has 0 aliphatic carbocycles. The van der Waals surface area contributed by atoms with Crippen LogP contribution in [0, 0.1) is 17.8 Å². The van der Waals surface area contributed by atoms with Gasteiger partial charge in [0.2, 0.25) is 11.8 Å². The molecule has 7 atom stereocenters. The number of carbonyl (C=O) groups excluding carboxylic acids is 3. The Hall–Kier alpha value is -1.80. The molecule has 0 aromatic heterocycles. The number of aliphatic hydroxyl groups is 1. The molecule has 2 bridgehead atoms. The van der Waals surface area contributed by atoms with Gasteiger partial charge in [0.05, 0.1) is 23.2 Å². The zero-order chi connectivity index (χ0) is 27.9. The number of unbranched alkanes of at least 4 members (excludes halogenated alkanes) is 4. The highest BCUT2D eigenvalue weighted by molar-refractivity contribution is 8.02. The minimum atomic E-state index is -0.625. The number of amides is 2. The molecular formula is C30H48N2O5S. The highest BCUT2D eigenvalue weighted by Crippen LogP contribution is 2.68. The lowest BCUT2D eigenvalue weighted by Gasteiger charge is -2.41. The average Bonchev–Trinajstić information content (AvgIpc) is 3.48. The van der Waals surface area contributed by atoms with Crippen molar-refractivity contribution < 1.29 is 24.2 Å². The maximum Gasteiger partial charge on any atom is 0.310 e. The van der Waals surface area contributed by atoms with E-state index in [1.165, 1.54) is 0 Å². The minimum absolute atomic E-state index is 0.00576. The summed E-state index contributed by atoms with van der Waals surface area (Å²) in [6, 6.07) is -0.562. The van der Waals surface area contributed by atoms with Crippen molar-refractivity contribution in [2.75, 3.05) is 26.3 Å². The molecule has 7 nitrogen and oxygen atoms in total. The van der Waals surface area contributed by atoms with E-state index in [-0.39, 0.29) is 41.6 Å². The number of carbonyl (C=O) groups is 3. The molecule has 0 saturated carbocycles. The molecule has 214 valence electrons. The smallest absolute Gasteiger partial charge is 0.310 e. The molecule has 1 spiro atoms. The Morgan fingerprint density at radius 3 is 2.63 bits per heavy atom. The molecule has 4 unspecified atom stereocenters. The van der Waals surface area contributed by atoms with E-state index < -0.39 is 22.6 Å². The lowest BCUT2D eigenvalue weighted by molar-refractivity contribution is -0.154. The van der Waals surface area contributed by atoms with E-state index >= 15 is 0 Å². The third kappa shape index (κ3) is 5.86. The van der Waals surface area contributed by atoms with E-state index in [2.05, 4.69) is 33.9 Å². The number of likely N-dealkylation sites (tertiary alicyclic amines) is 1. The van der Waals surface area contributed by atoms with Gasteiger partial charge in [-0.25, -0.2) is 0 Å². The Morgan fingerprint density at radius 2 is 1.97 bits per heavy atom. The maximum absolute atomic E-state index is 14.4. The Balaban J connectivity index is 1.94. The Kier molecular flexibility index (Phi) is 11.3. The summed E-state index contributed by atoms with van der Waals surface area (Å²) in [4.78, 5) is 45.7. The number of fused-ring (bicyclic) bond motifs is 1. The largest absolute Gasteiger partial charge is 0.465 e. The van der Waals surface area contributed by atoms with Crippen molar-refractivity contribution in [3.63, 3.8) is 0 Å². The van der Waals surface area contributed by atoms with Crippen LogP contribution in [-0.2, 0) is 19.1 Å². The van der Waals surface area contributed by atoms with Crippen LogP contribution in [-0.4, -0.2) is 81.1 Å². The molecule has 0 aromatic carbocycles. The highest BCUT2D eigenvalue weighted by Gasteiger charge is 2.76. The molecule has 3 aliphatic rings. The molecule has 2 amide bonds. The zero-order valence-electron chi connectivity index (χ0n) is 23.6. The number of thioether (sulfide) groups is 1. The molecule has 3 saturated heterocycles. The van der Waals surface area contributed by atoms with E-state index in [0.29, 0.717) is 26.1 Å². The minimum Gasteiger partial charge on any atom is -0.465 e. The molecule has 3 heterocycles. The van der Waals surface area contributed by atoms with Crippen LogP contribution in [0.5, 0.6) is 0 Å². The van der Waals surface area contributed by atoms with Crippen LogP contribution in [0.4, 0.5) is 0 Å². The Labute approximate surface area is 233 Å². The van der Waals surface area contributed by atoms with Crippen molar-refractivity contribution >= 4 is 29.5 Å². The lowest BCUT2D eigenvalue weighted by Crippen LogP contribution is -2.58. The van der Waals surface area contributed by atoms with Crippen molar-refractivity contribution in [2.24, 2.45) is 17.8 Å². The number of nitrogens with zero attached hydrogens (tertiary/aromatic N) is 2. The standard InChI is InChI=1S/C30H48N2O5S/c1-6-9-14-19-37-29(36)24-23-20-21(4)30(38-23)25(24)27(34)32(17-12-10-11-13-18-33)26(30)28(35)31(16-8-3)22(5)15-7-2/h6,8,21-26,33H,1,3,7,9-20H2,2,4-5H3/t21?,22?,23-,24+,25-,26?,30?/m0/s1. The summed E-state index contributed by atoms with van der Waals surface area (Å²) >= 11 is 1.70. The van der Waals surface area contributed by atoms with Gasteiger partial charge in [-0.1, -0.05) is 45.3 Å². The number of aliphatic hydroxyl groups excluding tert-OH is 1. The van der Waals surface area contributed by atoms with E-state index in [4.69, 9.17) is 9.84 Å². The van der Waals surface area contributed by atoms with Gasteiger partial charge in [-0.3, -0.25) is 14.4 Å². The van der Waals surface area contributed by atoms with Crippen molar-refractivity contribution in [1.29, 1.82) is 0 Å². The van der Waals surface area contributed by atoms with Crippen LogP contribution >= 0.6 is 11.8 Å². The van der Waals surface area contributed by atoms with Gasteiger partial charge in [0, 0.05) is 31.0 Å². The van der Waals surface area contributed by atoms with Gasteiger partial charge in [0.25, 0.3) is 0 Å². The van der Waals surface area contributed by atoms with Crippen LogP contribution in [0.25, 0.3) is 0 Å². The van der Waals surface area contributed by atoms with E-state index in [0.717, 1.165) is 51.4 Å². The third-order valence-electron chi connectivity index (χ3n) is 8.70. The van der Waals surface area contributed by atoms with E-state index in [1.807, 2.05) is 15.9 Å². The summed E-state index contributed by atoms with van der Waals surface area (Å²) in [7, 11) is 0. The Morgan fingerprint density at radius 1 is 1.24 bits per heavy atom. The average molecular weight is 549 g/mol. The van der Waals surface area contributed by atoms with Crippen LogP contribution in [0.15, 0.2) is 25.3 Å². The van der Waals surface area contributed by atoms with Crippen molar-refractivity contribution in [1.82, 2.24) is 9.80 Å². The fourth-order valence-electron chi connectivity index (χ4n) is 6.91. The van der Waals surface area contributed by atoms with Gasteiger partial charge in [0.1, 0.15) is 6.04 Å². The maximum atomic E-state index is 14.4. The monoisotopic (exact) mass is 548 g/mol. The first-order valence-electron chi connectivity index (χ1n) is 14.6. The van der Waals surface area contributed by atoms with Gasteiger partial charge >= 0.3 is 5.97 Å². The van der Waals surface area contributed by atoms with Crippen LogP contribution in [0.2, 0.25) is 0 Å². The summed E-state index contributed by atoms with van der Waals surface area (Å²) < 4.78 is 5.05. The third-order valence-corrected chi connectivity index (χ3v) is 10.8. The van der Waals surface area contributed by atoms with E-state index in [9.17, 15) is 14.4 Å². The number of rotatable bonds is 17. The first-order chi connectivity index (χ1) is 18.3. The summed E-state index contributed by atoms with van der Waals surface area (Å²) in [5.41, 5.74) is 0. The van der Waals surface area contributed by atoms with Crippen molar-refractivity contribution in [2.45, 2.75) is 101 Å². The van der Waals surface area contributed by atoms with Gasteiger partial charge in [-0.15, -0.1) is 24.9 Å². The zero-order valence-corrected chi connectivity index (χ0v) is 24.4. The first kappa shape index (κ1) is 30.7. The first-order valence-corrected chi connectivity index (χ1v) is 15.5. The second kappa shape index (κ2) is 14.0. The fraction of sp³-hybridized carbons (Fsp3) is 0.767. The molecule has 3 aliphatic heterocycles. The number of esters is 1. The second-order valence-corrected chi connectivity index (χ2v) is 12.8. The molecule has 3 rings (SSSR count). The molecule has 38 heavy (non-hydrogen) atoms. The predicted octanol–water partition coefficient (Wildman–Crippen LogP) is 4.59. The Bertz CT molecular complexity index is 866. The van der Waals surface area contributed by atoms with Gasteiger partial charge in [0.15, 0.2) is 0 Å². The number of ether oxygens (including phenoxy) is 1. The second-order valence-electron chi connectivity index (χ2n) is 11.2. The summed E-state index contributed by atoms with van der Waals surface area (Å²) in [6.07, 6.45) is 11.0. The van der Waals surface area contributed by atoms with Gasteiger partial charge < -0.3 is 19.6 Å². The normalized spacial score (nSPS) is 30.3. The molecular weight excluding hydrogens is 500 g/mol. The fourth-order valence-corrected chi connectivity index (χ4v) is 9.31. The summed E-state index contributed by atoms with van der Waals surface area (Å²) in [6.45, 7) is 15.4. The summed E-state index contributed by atoms with van der Waals surface area (Å²) in [5, 5.41) is 9.14. The number of hydrogen-bond donors (Lipinski definition) is 1. The van der Waals surface area contributed by atoms with Gasteiger partial charge in [-0.2, -0.15) is 0 Å². The lowest BCUT2D eigenvalue weighted by atomic mass is 9.66. The van der Waals surface area contributed by atoms with E-state index in [1.54, 1.807) is 17.8 Å². The quantitative estimate of drug-likeness (QED) is 0.163. The molecule has 0 radical (unpaired) electrons. The van der Waals surface area contributed by atoms with Crippen molar-refractivity contribution in [3.8, 4) is 0 Å². The molecule has 8 heteroatoms. The van der Waals surface area contributed by atoms with Crippen LogP contribution in [0.3, 0.4) is 0 Å². The highest BCUT2D eigenvalue weighted by atomic mass is 32.2. The number of allylic oxidation sites excluding steroid dienone is 1. The molecule has 0 aromatic rings. The van der Waals surface area contributed by atoms with Gasteiger partial charge in [-0.05, 0) is 51.4 Å². The molecule has 1 N–H and O–H groups in total. The predicted molar refractivity (Wildman–Crippen MR) is 153 cm³/mol. The number of hydrogen-bond acceptors (Lipinski definition) is 6. The SMILES string of the molecule is C=CCCCOC(=O)[C@@H]1[C@@H]2CC(C)C3(S2)C(C(=O)N(CC=C)C(C)CCC)N(CCCCCCO)C(=O)[C@H]13.